The van der Waals surface area contributed by atoms with E-state index in [1.165, 1.54) is 0 Å². The van der Waals surface area contributed by atoms with Crippen molar-refractivity contribution in [2.75, 3.05) is 0 Å². The maximum Gasteiger partial charge on any atom is 0.130 e. The molecule has 1 heterocycles. The van der Waals surface area contributed by atoms with E-state index in [4.69, 9.17) is 4.74 Å². The van der Waals surface area contributed by atoms with Crippen molar-refractivity contribution < 1.29 is 9.84 Å². The highest BCUT2D eigenvalue weighted by atomic mass is 16.5. The van der Waals surface area contributed by atoms with Crippen LogP contribution in [-0.4, -0.2) is 10.1 Å². The molecule has 1 N–H and O–H groups in total. The second-order valence-corrected chi connectivity index (χ2v) is 4.53. The Hall–Kier alpha value is -2.39. The molecule has 0 bridgehead atoms. The van der Waals surface area contributed by atoms with Gasteiger partial charge >= 0.3 is 0 Å². The van der Waals surface area contributed by atoms with Crippen LogP contribution in [0.3, 0.4) is 0 Å². The van der Waals surface area contributed by atoms with Crippen molar-refractivity contribution in [1.82, 2.24) is 4.98 Å². The predicted octanol–water partition coefficient (Wildman–Crippen LogP) is 3.31. The Morgan fingerprint density at radius 1 is 0.950 bits per heavy atom. The molecule has 0 aliphatic carbocycles. The Morgan fingerprint density at radius 2 is 1.80 bits per heavy atom. The molecular formula is C17H15NO2. The number of ether oxygens (including phenoxy) is 1. The van der Waals surface area contributed by atoms with Gasteiger partial charge in [0.05, 0.1) is 12.3 Å². The van der Waals surface area contributed by atoms with Crippen LogP contribution in [0.1, 0.15) is 11.3 Å². The third kappa shape index (κ3) is 2.49. The smallest absolute Gasteiger partial charge is 0.130 e. The lowest BCUT2D eigenvalue weighted by atomic mass is 10.0. The van der Waals surface area contributed by atoms with Crippen LogP contribution in [0.2, 0.25) is 0 Å². The quantitative estimate of drug-likeness (QED) is 0.787. The molecule has 0 saturated carbocycles. The van der Waals surface area contributed by atoms with Crippen LogP contribution >= 0.6 is 0 Å². The minimum absolute atomic E-state index is 0.0428. The Bertz CT molecular complexity index is 711. The Balaban J connectivity index is 1.91. The van der Waals surface area contributed by atoms with E-state index in [1.54, 1.807) is 6.20 Å². The molecular weight excluding hydrogens is 250 g/mol. The van der Waals surface area contributed by atoms with Gasteiger partial charge in [-0.05, 0) is 29.0 Å². The van der Waals surface area contributed by atoms with Crippen LogP contribution in [0.5, 0.6) is 5.75 Å². The van der Waals surface area contributed by atoms with Crippen LogP contribution in [0.15, 0.2) is 60.8 Å². The highest BCUT2D eigenvalue weighted by molar-refractivity contribution is 5.87. The van der Waals surface area contributed by atoms with E-state index in [2.05, 4.69) is 4.98 Å². The van der Waals surface area contributed by atoms with Gasteiger partial charge in [-0.2, -0.15) is 0 Å². The maximum absolute atomic E-state index is 9.62. The van der Waals surface area contributed by atoms with Crippen molar-refractivity contribution in [3.63, 3.8) is 0 Å². The summed E-state index contributed by atoms with van der Waals surface area (Å²) in [6.07, 6.45) is 1.74. The summed E-state index contributed by atoms with van der Waals surface area (Å²) >= 11 is 0. The van der Waals surface area contributed by atoms with Crippen LogP contribution in [-0.2, 0) is 13.2 Å². The summed E-state index contributed by atoms with van der Waals surface area (Å²) in [7, 11) is 0. The van der Waals surface area contributed by atoms with E-state index in [9.17, 15) is 5.11 Å². The number of aliphatic hydroxyl groups excluding tert-OH is 1. The molecule has 2 aromatic carbocycles. The van der Waals surface area contributed by atoms with E-state index < -0.39 is 0 Å². The number of aliphatic hydroxyl groups is 1. The van der Waals surface area contributed by atoms with Gasteiger partial charge in [0.2, 0.25) is 0 Å². The number of rotatable bonds is 4. The Morgan fingerprint density at radius 3 is 2.60 bits per heavy atom. The van der Waals surface area contributed by atoms with Crippen LogP contribution in [0, 0.1) is 0 Å². The summed E-state index contributed by atoms with van der Waals surface area (Å²) in [5, 5.41) is 11.7. The lowest BCUT2D eigenvalue weighted by Crippen LogP contribution is -2.00. The molecule has 0 aliphatic rings. The van der Waals surface area contributed by atoms with Gasteiger partial charge in [0, 0.05) is 11.8 Å². The zero-order chi connectivity index (χ0) is 13.8. The molecule has 0 aliphatic heterocycles. The molecule has 3 heteroatoms. The first-order valence-electron chi connectivity index (χ1n) is 6.52. The zero-order valence-electron chi connectivity index (χ0n) is 11.0. The minimum atomic E-state index is -0.0428. The average molecular weight is 265 g/mol. The third-order valence-electron chi connectivity index (χ3n) is 3.26. The maximum atomic E-state index is 9.62. The van der Waals surface area contributed by atoms with Gasteiger partial charge in [-0.1, -0.05) is 36.4 Å². The topological polar surface area (TPSA) is 42.4 Å². The van der Waals surface area contributed by atoms with Gasteiger partial charge in [-0.25, -0.2) is 0 Å². The van der Waals surface area contributed by atoms with Crippen molar-refractivity contribution in [2.45, 2.75) is 13.2 Å². The molecule has 0 spiro atoms. The van der Waals surface area contributed by atoms with E-state index in [1.807, 2.05) is 54.6 Å². The Labute approximate surface area is 117 Å². The second kappa shape index (κ2) is 5.72. The van der Waals surface area contributed by atoms with E-state index in [-0.39, 0.29) is 6.61 Å². The third-order valence-corrected chi connectivity index (χ3v) is 3.26. The number of nitrogens with zero attached hydrogens (tertiary/aromatic N) is 1. The molecule has 20 heavy (non-hydrogen) atoms. The van der Waals surface area contributed by atoms with Gasteiger partial charge in [-0.3, -0.25) is 4.98 Å². The number of fused-ring (bicyclic) bond motifs is 1. The predicted molar refractivity (Wildman–Crippen MR) is 78.4 cm³/mol. The van der Waals surface area contributed by atoms with Gasteiger partial charge in [0.15, 0.2) is 0 Å². The van der Waals surface area contributed by atoms with Gasteiger partial charge in [0.25, 0.3) is 0 Å². The van der Waals surface area contributed by atoms with Crippen molar-refractivity contribution in [3.05, 3.63) is 72.1 Å². The molecule has 0 fully saturated rings. The summed E-state index contributed by atoms with van der Waals surface area (Å²) in [5.41, 5.74) is 1.68. The van der Waals surface area contributed by atoms with E-state index in [0.29, 0.717) is 12.4 Å². The fraction of sp³-hybridized carbons (Fsp3) is 0.118. The fourth-order valence-corrected chi connectivity index (χ4v) is 2.25. The average Bonchev–Trinajstić information content (AvgIpc) is 2.53. The molecule has 1 aromatic heterocycles. The van der Waals surface area contributed by atoms with E-state index >= 15 is 0 Å². The number of benzene rings is 2. The standard InChI is InChI=1S/C17H15NO2/c19-11-16-15-7-2-1-5-13(15)8-9-17(16)20-12-14-6-3-4-10-18-14/h1-10,19H,11-12H2. The SMILES string of the molecule is OCc1c(OCc2ccccn2)ccc2ccccc12. The summed E-state index contributed by atoms with van der Waals surface area (Å²) in [6, 6.07) is 17.6. The first kappa shape index (κ1) is 12.6. The number of pyridine rings is 1. The van der Waals surface area contributed by atoms with E-state index in [0.717, 1.165) is 22.0 Å². The Kier molecular flexibility index (Phi) is 3.61. The molecule has 3 aromatic rings. The normalized spacial score (nSPS) is 10.7. The second-order valence-electron chi connectivity index (χ2n) is 4.53. The molecule has 0 unspecified atom stereocenters. The van der Waals surface area contributed by atoms with Crippen molar-refractivity contribution in [2.24, 2.45) is 0 Å². The van der Waals surface area contributed by atoms with Crippen LogP contribution in [0.25, 0.3) is 10.8 Å². The first-order chi connectivity index (χ1) is 9.88. The van der Waals surface area contributed by atoms with Gasteiger partial charge in [-0.15, -0.1) is 0 Å². The van der Waals surface area contributed by atoms with Crippen LogP contribution in [0.4, 0.5) is 0 Å². The minimum Gasteiger partial charge on any atom is -0.487 e. The fourth-order valence-electron chi connectivity index (χ4n) is 2.25. The summed E-state index contributed by atoms with van der Waals surface area (Å²) in [6.45, 7) is 0.352. The highest BCUT2D eigenvalue weighted by Gasteiger charge is 2.08. The molecule has 0 amide bonds. The highest BCUT2D eigenvalue weighted by Crippen LogP contribution is 2.28. The monoisotopic (exact) mass is 265 g/mol. The van der Waals surface area contributed by atoms with Gasteiger partial charge in [0.1, 0.15) is 12.4 Å². The lowest BCUT2D eigenvalue weighted by Gasteiger charge is -2.12. The number of hydrogen-bond acceptors (Lipinski definition) is 3. The van der Waals surface area contributed by atoms with Crippen molar-refractivity contribution >= 4 is 10.8 Å². The molecule has 3 nitrogen and oxygen atoms in total. The van der Waals surface area contributed by atoms with Crippen molar-refractivity contribution in [1.29, 1.82) is 0 Å². The molecule has 0 radical (unpaired) electrons. The summed E-state index contributed by atoms with van der Waals surface area (Å²) in [5.74, 6) is 0.705. The van der Waals surface area contributed by atoms with Crippen molar-refractivity contribution in [3.8, 4) is 5.75 Å². The molecule has 0 saturated heterocycles. The summed E-state index contributed by atoms with van der Waals surface area (Å²) < 4.78 is 5.80. The number of aromatic nitrogens is 1. The molecule has 3 rings (SSSR count). The molecule has 0 atom stereocenters. The molecule has 100 valence electrons. The summed E-state index contributed by atoms with van der Waals surface area (Å²) in [4.78, 5) is 4.22. The zero-order valence-corrected chi connectivity index (χ0v) is 11.0. The van der Waals surface area contributed by atoms with Gasteiger partial charge < -0.3 is 9.84 Å². The lowest BCUT2D eigenvalue weighted by molar-refractivity contribution is 0.259. The largest absolute Gasteiger partial charge is 0.487 e. The first-order valence-corrected chi connectivity index (χ1v) is 6.52. The van der Waals surface area contributed by atoms with Crippen LogP contribution < -0.4 is 4.74 Å². The number of hydrogen-bond donors (Lipinski definition) is 1.